The molecule has 7 heteroatoms. The van der Waals surface area contributed by atoms with Gasteiger partial charge in [-0.15, -0.1) is 0 Å². The number of hydrogen-bond acceptors (Lipinski definition) is 5. The molecule has 118 valence electrons. The van der Waals surface area contributed by atoms with Gasteiger partial charge in [-0.25, -0.2) is 4.79 Å². The Morgan fingerprint density at radius 2 is 2.14 bits per heavy atom. The monoisotopic (exact) mass is 296 g/mol. The molecule has 4 N–H and O–H groups in total. The van der Waals surface area contributed by atoms with Crippen molar-refractivity contribution >= 4 is 11.5 Å². The van der Waals surface area contributed by atoms with E-state index in [0.717, 1.165) is 19.3 Å². The summed E-state index contributed by atoms with van der Waals surface area (Å²) in [6.45, 7) is 4.45. The van der Waals surface area contributed by atoms with Crippen LogP contribution in [-0.2, 0) is 11.3 Å². The molecule has 1 aromatic heterocycles. The van der Waals surface area contributed by atoms with Gasteiger partial charge in [0.15, 0.2) is 0 Å². The Balaban J connectivity index is 2.27. The predicted molar refractivity (Wildman–Crippen MR) is 82.6 cm³/mol. The molecule has 0 aliphatic heterocycles. The van der Waals surface area contributed by atoms with Gasteiger partial charge in [0, 0.05) is 19.7 Å². The molecular weight excluding hydrogens is 272 g/mol. The maximum atomic E-state index is 12.0. The maximum Gasteiger partial charge on any atom is 0.330 e. The largest absolute Gasteiger partial charge is 0.383 e. The van der Waals surface area contributed by atoms with E-state index in [-0.39, 0.29) is 29.6 Å². The van der Waals surface area contributed by atoms with E-state index in [4.69, 9.17) is 10.5 Å². The minimum absolute atomic E-state index is 0.142. The summed E-state index contributed by atoms with van der Waals surface area (Å²) in [7, 11) is 1.69. The van der Waals surface area contributed by atoms with Gasteiger partial charge in [-0.3, -0.25) is 14.3 Å². The molecule has 2 atom stereocenters. The van der Waals surface area contributed by atoms with E-state index in [9.17, 15) is 9.59 Å². The van der Waals surface area contributed by atoms with Crippen molar-refractivity contribution in [2.75, 3.05) is 18.2 Å². The van der Waals surface area contributed by atoms with Crippen molar-refractivity contribution in [3.63, 3.8) is 0 Å². The first-order chi connectivity index (χ1) is 9.92. The Labute approximate surface area is 123 Å². The smallest absolute Gasteiger partial charge is 0.330 e. The molecule has 0 saturated heterocycles. The average Bonchev–Trinajstić information content (AvgIpc) is 2.87. The van der Waals surface area contributed by atoms with Gasteiger partial charge in [0.25, 0.3) is 5.56 Å². The van der Waals surface area contributed by atoms with Gasteiger partial charge >= 0.3 is 5.69 Å². The Morgan fingerprint density at radius 3 is 2.71 bits per heavy atom. The van der Waals surface area contributed by atoms with Gasteiger partial charge in [-0.1, -0.05) is 13.8 Å². The van der Waals surface area contributed by atoms with Crippen LogP contribution in [0.15, 0.2) is 9.59 Å². The Morgan fingerprint density at radius 1 is 1.43 bits per heavy atom. The summed E-state index contributed by atoms with van der Waals surface area (Å²) >= 11 is 0. The van der Waals surface area contributed by atoms with Crippen LogP contribution < -0.4 is 22.3 Å². The number of nitrogens with two attached hydrogens (primary N) is 1. The van der Waals surface area contributed by atoms with Gasteiger partial charge in [-0.05, 0) is 25.2 Å². The summed E-state index contributed by atoms with van der Waals surface area (Å²) in [5.41, 5.74) is 5.40. The van der Waals surface area contributed by atoms with Crippen molar-refractivity contribution in [2.45, 2.75) is 51.8 Å². The SMILES string of the molecule is COC1CCC(Nc2c(N)n(CC(C)C)c(=O)[nH]c2=O)C1. The molecular formula is C14H24N4O3. The van der Waals surface area contributed by atoms with Crippen LogP contribution >= 0.6 is 0 Å². The van der Waals surface area contributed by atoms with E-state index in [1.165, 1.54) is 4.57 Å². The predicted octanol–water partition coefficient (Wildman–Crippen LogP) is 0.754. The van der Waals surface area contributed by atoms with Crippen molar-refractivity contribution in [1.82, 2.24) is 9.55 Å². The zero-order valence-electron chi connectivity index (χ0n) is 12.8. The van der Waals surface area contributed by atoms with Gasteiger partial charge in [0.05, 0.1) is 6.10 Å². The highest BCUT2D eigenvalue weighted by Crippen LogP contribution is 2.25. The summed E-state index contributed by atoms with van der Waals surface area (Å²) in [4.78, 5) is 26.2. The maximum absolute atomic E-state index is 12.0. The first-order valence-corrected chi connectivity index (χ1v) is 7.34. The molecule has 1 heterocycles. The van der Waals surface area contributed by atoms with Crippen LogP contribution in [0.3, 0.4) is 0 Å². The minimum Gasteiger partial charge on any atom is -0.383 e. The summed E-state index contributed by atoms with van der Waals surface area (Å²) in [5.74, 6) is 0.464. The summed E-state index contributed by atoms with van der Waals surface area (Å²) in [5, 5.41) is 3.17. The number of ether oxygens (including phenoxy) is 1. The van der Waals surface area contributed by atoms with E-state index in [1.807, 2.05) is 13.8 Å². The van der Waals surface area contributed by atoms with Gasteiger partial charge in [0.1, 0.15) is 11.5 Å². The number of anilines is 2. The molecule has 7 nitrogen and oxygen atoms in total. The quantitative estimate of drug-likeness (QED) is 0.744. The molecule has 1 aromatic rings. The molecule has 1 aliphatic rings. The van der Waals surface area contributed by atoms with Crippen molar-refractivity contribution in [3.8, 4) is 0 Å². The third-order valence-electron chi connectivity index (χ3n) is 3.85. The van der Waals surface area contributed by atoms with Crippen molar-refractivity contribution in [1.29, 1.82) is 0 Å². The molecule has 1 fully saturated rings. The number of H-pyrrole nitrogens is 1. The number of methoxy groups -OCH3 is 1. The topological polar surface area (TPSA) is 102 Å². The fourth-order valence-electron chi connectivity index (χ4n) is 2.76. The van der Waals surface area contributed by atoms with Crippen molar-refractivity contribution in [3.05, 3.63) is 20.8 Å². The second-order valence-electron chi connectivity index (χ2n) is 6.04. The van der Waals surface area contributed by atoms with E-state index in [1.54, 1.807) is 7.11 Å². The van der Waals surface area contributed by atoms with Gasteiger partial charge in [-0.2, -0.15) is 0 Å². The first-order valence-electron chi connectivity index (χ1n) is 7.34. The number of nitrogens with zero attached hydrogens (tertiary/aromatic N) is 1. The molecule has 1 saturated carbocycles. The normalized spacial score (nSPS) is 21.9. The number of nitrogens with one attached hydrogen (secondary N) is 2. The third-order valence-corrected chi connectivity index (χ3v) is 3.85. The van der Waals surface area contributed by atoms with Gasteiger partial charge in [0.2, 0.25) is 0 Å². The lowest BCUT2D eigenvalue weighted by Gasteiger charge is -2.18. The number of aromatic amines is 1. The Bertz CT molecular complexity index is 605. The lowest BCUT2D eigenvalue weighted by Crippen LogP contribution is -2.36. The van der Waals surface area contributed by atoms with Crippen LogP contribution in [0.25, 0.3) is 0 Å². The zero-order chi connectivity index (χ0) is 15.6. The molecule has 0 bridgehead atoms. The Hall–Kier alpha value is -1.76. The molecule has 0 radical (unpaired) electrons. The lowest BCUT2D eigenvalue weighted by atomic mass is 10.2. The first kappa shape index (κ1) is 15.6. The zero-order valence-corrected chi connectivity index (χ0v) is 12.8. The Kier molecular flexibility index (Phi) is 4.72. The average molecular weight is 296 g/mol. The van der Waals surface area contributed by atoms with Crippen LogP contribution in [0.5, 0.6) is 0 Å². The van der Waals surface area contributed by atoms with E-state index < -0.39 is 11.2 Å². The summed E-state index contributed by atoms with van der Waals surface area (Å²) in [6.07, 6.45) is 2.92. The molecule has 21 heavy (non-hydrogen) atoms. The standard InChI is InChI=1S/C14H24N4O3/c1-8(2)7-18-12(15)11(13(19)17-14(18)20)16-9-4-5-10(6-9)21-3/h8-10,16H,4-7,15H2,1-3H3,(H,17,19,20). The van der Waals surface area contributed by atoms with Gasteiger partial charge < -0.3 is 15.8 Å². The van der Waals surface area contributed by atoms with Crippen LogP contribution in [0.1, 0.15) is 33.1 Å². The number of hydrogen-bond donors (Lipinski definition) is 3. The molecule has 0 aromatic carbocycles. The fraction of sp³-hybridized carbons (Fsp3) is 0.714. The second kappa shape index (κ2) is 6.34. The molecule has 2 rings (SSSR count). The number of rotatable bonds is 5. The molecule has 1 aliphatic carbocycles. The van der Waals surface area contributed by atoms with Crippen LogP contribution in [0, 0.1) is 5.92 Å². The van der Waals surface area contributed by atoms with Crippen LogP contribution in [-0.4, -0.2) is 28.8 Å². The minimum atomic E-state index is -0.460. The third kappa shape index (κ3) is 3.47. The summed E-state index contributed by atoms with van der Waals surface area (Å²) < 4.78 is 6.74. The van der Waals surface area contributed by atoms with Crippen LogP contribution in [0.4, 0.5) is 11.5 Å². The highest BCUT2D eigenvalue weighted by atomic mass is 16.5. The van der Waals surface area contributed by atoms with E-state index in [2.05, 4.69) is 10.3 Å². The van der Waals surface area contributed by atoms with Crippen molar-refractivity contribution < 1.29 is 4.74 Å². The van der Waals surface area contributed by atoms with Crippen LogP contribution in [0.2, 0.25) is 0 Å². The van der Waals surface area contributed by atoms with E-state index in [0.29, 0.717) is 6.54 Å². The molecule has 2 unspecified atom stereocenters. The molecule has 0 amide bonds. The van der Waals surface area contributed by atoms with Crippen molar-refractivity contribution in [2.24, 2.45) is 5.92 Å². The highest BCUT2D eigenvalue weighted by molar-refractivity contribution is 5.61. The number of aromatic nitrogens is 2. The lowest BCUT2D eigenvalue weighted by molar-refractivity contribution is 0.108. The summed E-state index contributed by atoms with van der Waals surface area (Å²) in [6, 6.07) is 0.142. The molecule has 0 spiro atoms. The second-order valence-corrected chi connectivity index (χ2v) is 6.04. The fourth-order valence-corrected chi connectivity index (χ4v) is 2.76. The van der Waals surface area contributed by atoms with E-state index >= 15 is 0 Å². The highest BCUT2D eigenvalue weighted by Gasteiger charge is 2.26. The number of nitrogen functional groups attached to an aromatic ring is 1.